The summed E-state index contributed by atoms with van der Waals surface area (Å²) in [6.07, 6.45) is 2.35. The van der Waals surface area contributed by atoms with E-state index in [2.05, 4.69) is 45.7 Å². The number of hydrogen-bond acceptors (Lipinski definition) is 7. The second kappa shape index (κ2) is 5.42. The molecule has 2 heterocycles. The van der Waals surface area contributed by atoms with E-state index in [1.165, 1.54) is 12.8 Å². The van der Waals surface area contributed by atoms with Crippen LogP contribution in [0.5, 0.6) is 0 Å². The highest BCUT2D eigenvalue weighted by Crippen LogP contribution is 2.39. The molecule has 21 heavy (non-hydrogen) atoms. The first-order valence-electron chi connectivity index (χ1n) is 7.08. The van der Waals surface area contributed by atoms with Crippen molar-refractivity contribution < 1.29 is 4.42 Å². The fourth-order valence-corrected chi connectivity index (χ4v) is 2.85. The highest BCUT2D eigenvalue weighted by molar-refractivity contribution is 7.98. The van der Waals surface area contributed by atoms with Crippen molar-refractivity contribution in [3.8, 4) is 0 Å². The van der Waals surface area contributed by atoms with Gasteiger partial charge < -0.3 is 14.7 Å². The van der Waals surface area contributed by atoms with E-state index in [1.54, 1.807) is 11.8 Å². The van der Waals surface area contributed by atoms with Crippen molar-refractivity contribution in [1.82, 2.24) is 25.0 Å². The molecule has 2 aromatic rings. The van der Waals surface area contributed by atoms with Gasteiger partial charge in [-0.25, -0.2) is 0 Å². The summed E-state index contributed by atoms with van der Waals surface area (Å²) in [6, 6.07) is 0.508. The van der Waals surface area contributed by atoms with Crippen molar-refractivity contribution in [2.75, 3.05) is 0 Å². The molecular formula is C13H20N6OS. The molecule has 2 N–H and O–H groups in total. The molecule has 0 atom stereocenters. The van der Waals surface area contributed by atoms with Gasteiger partial charge in [-0.3, -0.25) is 0 Å². The number of aromatic nitrogens is 5. The van der Waals surface area contributed by atoms with Crippen molar-refractivity contribution in [2.45, 2.75) is 62.5 Å². The summed E-state index contributed by atoms with van der Waals surface area (Å²) in [4.78, 5) is 0. The Morgan fingerprint density at radius 2 is 2.00 bits per heavy atom. The largest absolute Gasteiger partial charge is 0.424 e. The van der Waals surface area contributed by atoms with Crippen LogP contribution in [0.2, 0.25) is 0 Å². The summed E-state index contributed by atoms with van der Waals surface area (Å²) >= 11 is 1.57. The zero-order valence-electron chi connectivity index (χ0n) is 12.5. The van der Waals surface area contributed by atoms with E-state index in [0.717, 1.165) is 11.0 Å². The van der Waals surface area contributed by atoms with Crippen LogP contribution >= 0.6 is 11.8 Å². The molecule has 2 aromatic heterocycles. The highest BCUT2D eigenvalue weighted by Gasteiger charge is 2.29. The molecule has 0 saturated heterocycles. The van der Waals surface area contributed by atoms with Crippen LogP contribution in [-0.2, 0) is 17.7 Å². The van der Waals surface area contributed by atoms with Crippen molar-refractivity contribution in [3.05, 3.63) is 17.6 Å². The Bertz CT molecular complexity index is 625. The SMILES string of the molecule is CC(C)(C)c1nnc(CSc2nnc(CN)n2C2CC2)o1. The van der Waals surface area contributed by atoms with Crippen LogP contribution in [0.25, 0.3) is 0 Å². The van der Waals surface area contributed by atoms with Crippen LogP contribution in [0.4, 0.5) is 0 Å². The van der Waals surface area contributed by atoms with Gasteiger partial charge in [0.15, 0.2) is 5.16 Å². The molecule has 0 unspecified atom stereocenters. The zero-order valence-corrected chi connectivity index (χ0v) is 13.4. The van der Waals surface area contributed by atoms with Gasteiger partial charge in [-0.15, -0.1) is 20.4 Å². The smallest absolute Gasteiger partial charge is 0.226 e. The molecule has 0 bridgehead atoms. The molecule has 0 radical (unpaired) electrons. The normalized spacial score (nSPS) is 15.6. The van der Waals surface area contributed by atoms with Crippen LogP contribution < -0.4 is 5.73 Å². The van der Waals surface area contributed by atoms with Crippen molar-refractivity contribution in [3.63, 3.8) is 0 Å². The van der Waals surface area contributed by atoms with Gasteiger partial charge >= 0.3 is 0 Å². The minimum Gasteiger partial charge on any atom is -0.424 e. The summed E-state index contributed by atoms with van der Waals surface area (Å²) in [7, 11) is 0. The first-order chi connectivity index (χ1) is 9.99. The quantitative estimate of drug-likeness (QED) is 0.844. The zero-order chi connectivity index (χ0) is 15.0. The van der Waals surface area contributed by atoms with Gasteiger partial charge in [-0.05, 0) is 12.8 Å². The number of nitrogens with two attached hydrogens (primary N) is 1. The second-order valence-corrected chi connectivity index (χ2v) is 7.19. The average Bonchev–Trinajstić information content (AvgIpc) is 3.01. The van der Waals surface area contributed by atoms with E-state index in [1.807, 2.05) is 0 Å². The molecule has 1 saturated carbocycles. The lowest BCUT2D eigenvalue weighted by atomic mass is 9.97. The number of nitrogens with zero attached hydrogens (tertiary/aromatic N) is 5. The molecule has 1 fully saturated rings. The van der Waals surface area contributed by atoms with E-state index >= 15 is 0 Å². The predicted molar refractivity (Wildman–Crippen MR) is 78.7 cm³/mol. The van der Waals surface area contributed by atoms with Gasteiger partial charge in [0.05, 0.1) is 12.3 Å². The topological polar surface area (TPSA) is 95.6 Å². The Hall–Kier alpha value is -1.41. The molecule has 3 rings (SSSR count). The van der Waals surface area contributed by atoms with E-state index in [4.69, 9.17) is 10.2 Å². The molecule has 114 valence electrons. The maximum Gasteiger partial charge on any atom is 0.226 e. The predicted octanol–water partition coefficient (Wildman–Crippen LogP) is 2.04. The van der Waals surface area contributed by atoms with Crippen LogP contribution in [-0.4, -0.2) is 25.0 Å². The third kappa shape index (κ3) is 3.11. The summed E-state index contributed by atoms with van der Waals surface area (Å²) < 4.78 is 7.84. The summed E-state index contributed by atoms with van der Waals surface area (Å²) in [5.41, 5.74) is 5.59. The molecule has 7 nitrogen and oxygen atoms in total. The minimum absolute atomic E-state index is 0.128. The Labute approximate surface area is 127 Å². The minimum atomic E-state index is -0.128. The first kappa shape index (κ1) is 14.5. The Morgan fingerprint density at radius 1 is 1.24 bits per heavy atom. The van der Waals surface area contributed by atoms with Gasteiger partial charge in [0.1, 0.15) is 5.82 Å². The van der Waals surface area contributed by atoms with Crippen LogP contribution in [0, 0.1) is 0 Å². The van der Waals surface area contributed by atoms with Gasteiger partial charge in [-0.2, -0.15) is 0 Å². The Balaban J connectivity index is 1.70. The van der Waals surface area contributed by atoms with Crippen molar-refractivity contribution >= 4 is 11.8 Å². The second-order valence-electron chi connectivity index (χ2n) is 6.24. The standard InChI is InChI=1S/C13H20N6OS/c1-13(2,3)11-17-16-10(20-11)7-21-12-18-15-9(6-14)19(12)8-4-5-8/h8H,4-7,14H2,1-3H3. The van der Waals surface area contributed by atoms with Gasteiger partial charge in [0.2, 0.25) is 11.8 Å². The lowest BCUT2D eigenvalue weighted by Gasteiger charge is -2.11. The third-order valence-corrected chi connectivity index (χ3v) is 4.19. The molecular weight excluding hydrogens is 288 g/mol. The lowest BCUT2D eigenvalue weighted by Crippen LogP contribution is -2.11. The van der Waals surface area contributed by atoms with Crippen LogP contribution in [0.3, 0.4) is 0 Å². The first-order valence-corrected chi connectivity index (χ1v) is 8.07. The van der Waals surface area contributed by atoms with E-state index in [9.17, 15) is 0 Å². The molecule has 0 spiro atoms. The maximum atomic E-state index is 5.71. The van der Waals surface area contributed by atoms with E-state index in [-0.39, 0.29) is 5.41 Å². The molecule has 1 aliphatic carbocycles. The Kier molecular flexibility index (Phi) is 3.75. The number of rotatable bonds is 5. The van der Waals surface area contributed by atoms with Crippen LogP contribution in [0.1, 0.15) is 57.3 Å². The molecule has 0 aromatic carbocycles. The number of thioether (sulfide) groups is 1. The summed E-state index contributed by atoms with van der Waals surface area (Å²) in [5, 5.41) is 17.5. The summed E-state index contributed by atoms with van der Waals surface area (Å²) in [5.74, 6) is 2.72. The lowest BCUT2D eigenvalue weighted by molar-refractivity contribution is 0.378. The van der Waals surface area contributed by atoms with Gasteiger partial charge in [0, 0.05) is 11.5 Å². The van der Waals surface area contributed by atoms with Crippen molar-refractivity contribution in [1.29, 1.82) is 0 Å². The highest BCUT2D eigenvalue weighted by atomic mass is 32.2. The monoisotopic (exact) mass is 308 g/mol. The van der Waals surface area contributed by atoms with Gasteiger partial charge in [-0.1, -0.05) is 32.5 Å². The van der Waals surface area contributed by atoms with Gasteiger partial charge in [0.25, 0.3) is 0 Å². The molecule has 0 amide bonds. The molecule has 1 aliphatic rings. The van der Waals surface area contributed by atoms with Crippen LogP contribution in [0.15, 0.2) is 9.57 Å². The molecule has 8 heteroatoms. The fraction of sp³-hybridized carbons (Fsp3) is 0.692. The summed E-state index contributed by atoms with van der Waals surface area (Å²) in [6.45, 7) is 6.57. The van der Waals surface area contributed by atoms with E-state index in [0.29, 0.717) is 30.1 Å². The Morgan fingerprint density at radius 3 is 2.57 bits per heavy atom. The van der Waals surface area contributed by atoms with Crippen molar-refractivity contribution in [2.24, 2.45) is 5.73 Å². The van der Waals surface area contributed by atoms with E-state index < -0.39 is 0 Å². The molecule has 0 aliphatic heterocycles. The maximum absolute atomic E-state index is 5.71. The third-order valence-electron chi connectivity index (χ3n) is 3.26. The fourth-order valence-electron chi connectivity index (χ4n) is 1.99. The average molecular weight is 308 g/mol. The number of hydrogen-bond donors (Lipinski definition) is 1.